The lowest BCUT2D eigenvalue weighted by Crippen LogP contribution is -2.72. The Morgan fingerprint density at radius 3 is 2.36 bits per heavy atom. The molecule has 0 aliphatic carbocycles. The molecule has 1 aliphatic rings. The summed E-state index contributed by atoms with van der Waals surface area (Å²) in [6.07, 6.45) is 0. The summed E-state index contributed by atoms with van der Waals surface area (Å²) in [6.45, 7) is 13.9. The van der Waals surface area contributed by atoms with Crippen molar-refractivity contribution in [2.75, 3.05) is 33.4 Å². The lowest BCUT2D eigenvalue weighted by molar-refractivity contribution is -0.0667. The zero-order valence-electron chi connectivity index (χ0n) is 17.9. The predicted molar refractivity (Wildman–Crippen MR) is 113 cm³/mol. The minimum atomic E-state index is -3.51. The van der Waals surface area contributed by atoms with Gasteiger partial charge in [-0.15, -0.1) is 0 Å². The smallest absolute Gasteiger partial charge is 0.240 e. The number of rotatable bonds is 8. The van der Waals surface area contributed by atoms with Gasteiger partial charge < -0.3 is 15.0 Å². The van der Waals surface area contributed by atoms with E-state index in [4.69, 9.17) is 9.73 Å². The number of benzene rings is 1. The molecule has 0 bridgehead atoms. The number of guanidine groups is 1. The van der Waals surface area contributed by atoms with Gasteiger partial charge in [-0.1, -0.05) is 26.0 Å². The Bertz CT molecular complexity index is 786. The summed E-state index contributed by atoms with van der Waals surface area (Å²) in [5.74, 6) is 0.893. The molecule has 28 heavy (non-hydrogen) atoms. The van der Waals surface area contributed by atoms with Crippen LogP contribution in [0.4, 0.5) is 0 Å². The number of nitrogens with zero attached hydrogens (tertiary/aromatic N) is 2. The molecular formula is C20H34N4O3S. The van der Waals surface area contributed by atoms with Crippen molar-refractivity contribution in [3.63, 3.8) is 0 Å². The molecule has 0 aromatic heterocycles. The molecule has 0 unspecified atom stereocenters. The summed E-state index contributed by atoms with van der Waals surface area (Å²) < 4.78 is 31.8. The maximum absolute atomic E-state index is 12.2. The van der Waals surface area contributed by atoms with Crippen LogP contribution in [0.15, 0.2) is 34.2 Å². The lowest BCUT2D eigenvalue weighted by Gasteiger charge is -2.62. The molecule has 1 aromatic carbocycles. The van der Waals surface area contributed by atoms with Crippen LogP contribution in [0.25, 0.3) is 0 Å². The number of likely N-dealkylation sites (tertiary alicyclic amines) is 1. The van der Waals surface area contributed by atoms with Crippen LogP contribution in [0.2, 0.25) is 0 Å². The summed E-state index contributed by atoms with van der Waals surface area (Å²) in [5, 5.41) is 3.37. The van der Waals surface area contributed by atoms with E-state index in [2.05, 4.69) is 49.6 Å². The first-order chi connectivity index (χ1) is 13.0. The highest BCUT2D eigenvalue weighted by atomic mass is 32.2. The average Bonchev–Trinajstić information content (AvgIpc) is 2.64. The Kier molecular flexibility index (Phi) is 7.12. The van der Waals surface area contributed by atoms with Crippen molar-refractivity contribution >= 4 is 16.0 Å². The van der Waals surface area contributed by atoms with Crippen molar-refractivity contribution in [1.29, 1.82) is 0 Å². The fraction of sp³-hybridized carbons (Fsp3) is 0.650. The topological polar surface area (TPSA) is 83.0 Å². The van der Waals surface area contributed by atoms with Gasteiger partial charge >= 0.3 is 0 Å². The first kappa shape index (κ1) is 22.6. The van der Waals surface area contributed by atoms with Gasteiger partial charge in [0.2, 0.25) is 10.0 Å². The molecule has 2 rings (SSSR count). The van der Waals surface area contributed by atoms with Crippen molar-refractivity contribution in [2.45, 2.75) is 51.6 Å². The van der Waals surface area contributed by atoms with E-state index < -0.39 is 10.0 Å². The second kappa shape index (κ2) is 8.80. The average molecular weight is 411 g/mol. The van der Waals surface area contributed by atoms with E-state index >= 15 is 0 Å². The number of ether oxygens (including phenoxy) is 1. The summed E-state index contributed by atoms with van der Waals surface area (Å²) >= 11 is 0. The van der Waals surface area contributed by atoms with E-state index in [-0.39, 0.29) is 22.4 Å². The lowest BCUT2D eigenvalue weighted by atomic mass is 9.65. The summed E-state index contributed by atoms with van der Waals surface area (Å²) in [4.78, 5) is 7.31. The molecule has 0 amide bonds. The number of aliphatic imine (C=N–C) groups is 1. The third-order valence-corrected chi connectivity index (χ3v) is 7.20. The van der Waals surface area contributed by atoms with Gasteiger partial charge in [0.15, 0.2) is 5.96 Å². The van der Waals surface area contributed by atoms with E-state index in [0.717, 1.165) is 24.6 Å². The summed E-state index contributed by atoms with van der Waals surface area (Å²) in [6, 6.07) is 6.85. The quantitative estimate of drug-likeness (QED) is 0.390. The second-order valence-corrected chi connectivity index (χ2v) is 10.0. The standard InChI is InChI=1S/C20H34N4O3S/c1-7-21-18(24-15-19(2,3)20(24,4)5)22-14-16-8-10-17(11-9-16)28(25,26)23-12-13-27-6/h8-11,23H,7,12-15H2,1-6H3,(H,21,22). The highest BCUT2D eigenvalue weighted by Gasteiger charge is 2.53. The van der Waals surface area contributed by atoms with E-state index in [1.807, 2.05) is 12.1 Å². The Morgan fingerprint density at radius 2 is 1.86 bits per heavy atom. The minimum absolute atomic E-state index is 0.0276. The Balaban J connectivity index is 2.08. The molecule has 0 radical (unpaired) electrons. The molecule has 158 valence electrons. The van der Waals surface area contributed by atoms with E-state index in [0.29, 0.717) is 13.2 Å². The van der Waals surface area contributed by atoms with E-state index in [9.17, 15) is 8.42 Å². The van der Waals surface area contributed by atoms with Gasteiger partial charge in [-0.05, 0) is 38.5 Å². The molecule has 1 fully saturated rings. The van der Waals surface area contributed by atoms with Gasteiger partial charge in [-0.25, -0.2) is 18.1 Å². The van der Waals surface area contributed by atoms with Gasteiger partial charge in [0.25, 0.3) is 0 Å². The highest BCUT2D eigenvalue weighted by Crippen LogP contribution is 2.46. The number of methoxy groups -OCH3 is 1. The fourth-order valence-corrected chi connectivity index (χ4v) is 4.11. The minimum Gasteiger partial charge on any atom is -0.383 e. The van der Waals surface area contributed by atoms with Gasteiger partial charge in [-0.2, -0.15) is 0 Å². The zero-order valence-corrected chi connectivity index (χ0v) is 18.7. The molecule has 2 N–H and O–H groups in total. The Labute approximate surface area is 169 Å². The molecular weight excluding hydrogens is 376 g/mol. The van der Waals surface area contributed by atoms with Crippen LogP contribution in [-0.4, -0.2) is 58.2 Å². The SMILES string of the molecule is CCNC(=NCc1ccc(S(=O)(=O)NCCOC)cc1)N1CC(C)(C)C1(C)C. The van der Waals surface area contributed by atoms with Crippen molar-refractivity contribution in [1.82, 2.24) is 14.9 Å². The van der Waals surface area contributed by atoms with Crippen molar-refractivity contribution < 1.29 is 13.2 Å². The molecule has 1 aromatic rings. The molecule has 0 saturated carbocycles. The van der Waals surface area contributed by atoms with Crippen molar-refractivity contribution in [3.8, 4) is 0 Å². The third-order valence-electron chi connectivity index (χ3n) is 5.72. The van der Waals surface area contributed by atoms with E-state index in [1.54, 1.807) is 12.1 Å². The molecule has 0 spiro atoms. The van der Waals surface area contributed by atoms with Crippen molar-refractivity contribution in [3.05, 3.63) is 29.8 Å². The molecule has 8 heteroatoms. The second-order valence-electron chi connectivity index (χ2n) is 8.23. The number of sulfonamides is 1. The molecule has 1 saturated heterocycles. The van der Waals surface area contributed by atoms with Crippen LogP contribution >= 0.6 is 0 Å². The predicted octanol–water partition coefficient (Wildman–Crippen LogP) is 2.20. The third kappa shape index (κ3) is 4.85. The van der Waals surface area contributed by atoms with Crippen LogP contribution in [0.5, 0.6) is 0 Å². The molecule has 1 heterocycles. The van der Waals surface area contributed by atoms with Gasteiger partial charge in [-0.3, -0.25) is 0 Å². The largest absolute Gasteiger partial charge is 0.383 e. The van der Waals surface area contributed by atoms with Gasteiger partial charge in [0, 0.05) is 37.7 Å². The van der Waals surface area contributed by atoms with Crippen LogP contribution in [0.1, 0.15) is 40.2 Å². The van der Waals surface area contributed by atoms with Crippen LogP contribution in [0, 0.1) is 5.41 Å². The van der Waals surface area contributed by atoms with Gasteiger partial charge in [0.05, 0.1) is 18.0 Å². The first-order valence-corrected chi connectivity index (χ1v) is 11.2. The maximum atomic E-state index is 12.2. The van der Waals surface area contributed by atoms with Crippen LogP contribution in [0.3, 0.4) is 0 Å². The monoisotopic (exact) mass is 410 g/mol. The Hall–Kier alpha value is -1.64. The van der Waals surface area contributed by atoms with E-state index in [1.165, 1.54) is 7.11 Å². The maximum Gasteiger partial charge on any atom is 0.240 e. The van der Waals surface area contributed by atoms with Gasteiger partial charge in [0.1, 0.15) is 0 Å². The summed E-state index contributed by atoms with van der Waals surface area (Å²) in [5.41, 5.74) is 1.22. The summed E-state index contributed by atoms with van der Waals surface area (Å²) in [7, 11) is -1.98. The number of hydrogen-bond donors (Lipinski definition) is 2. The van der Waals surface area contributed by atoms with Crippen LogP contribution < -0.4 is 10.0 Å². The highest BCUT2D eigenvalue weighted by molar-refractivity contribution is 7.89. The fourth-order valence-electron chi connectivity index (χ4n) is 3.10. The number of hydrogen-bond acceptors (Lipinski definition) is 4. The van der Waals surface area contributed by atoms with Crippen molar-refractivity contribution in [2.24, 2.45) is 10.4 Å². The molecule has 1 aliphatic heterocycles. The number of nitrogens with one attached hydrogen (secondary N) is 2. The molecule has 7 nitrogen and oxygen atoms in total. The normalized spacial score (nSPS) is 18.6. The zero-order chi connectivity index (χ0) is 21.0. The van der Waals surface area contributed by atoms with Crippen LogP contribution in [-0.2, 0) is 21.3 Å². The Morgan fingerprint density at radius 1 is 1.21 bits per heavy atom. The first-order valence-electron chi connectivity index (χ1n) is 9.68. The molecule has 0 atom stereocenters.